The van der Waals surface area contributed by atoms with Crippen LogP contribution in [-0.2, 0) is 17.2 Å². The zero-order valence-electron chi connectivity index (χ0n) is 18.6. The molecule has 0 aliphatic carbocycles. The van der Waals surface area contributed by atoms with Crippen molar-refractivity contribution in [3.8, 4) is 5.75 Å². The Morgan fingerprint density at radius 1 is 1.06 bits per heavy atom. The minimum Gasteiger partial charge on any atom is -0.741 e. The Bertz CT molecular complexity index is 1330. The molecule has 0 saturated carbocycles. The highest BCUT2D eigenvalue weighted by Gasteiger charge is 2.40. The molecule has 2 aromatic carbocycles. The van der Waals surface area contributed by atoms with Crippen molar-refractivity contribution < 1.29 is 39.9 Å². The summed E-state index contributed by atoms with van der Waals surface area (Å²) in [6, 6.07) is 16.3. The smallest absolute Gasteiger partial charge is 0.485 e. The molecule has 33 heavy (non-hydrogen) atoms. The first kappa shape index (κ1) is 24.8. The van der Waals surface area contributed by atoms with E-state index in [2.05, 4.69) is 55.3 Å². The van der Waals surface area contributed by atoms with E-state index in [-0.39, 0.29) is 0 Å². The maximum absolute atomic E-state index is 10.7. The van der Waals surface area contributed by atoms with E-state index in [0.29, 0.717) is 0 Å². The number of hydrogen-bond acceptors (Lipinski definition) is 6. The molecule has 0 unspecified atom stereocenters. The Balaban J connectivity index is 0.000000331. The third-order valence-corrected chi connectivity index (χ3v) is 7.43. The summed E-state index contributed by atoms with van der Waals surface area (Å²) in [5, 5.41) is 1.19. The Labute approximate surface area is 190 Å². The third-order valence-electron chi connectivity index (χ3n) is 4.94. The quantitative estimate of drug-likeness (QED) is 0.225. The van der Waals surface area contributed by atoms with Gasteiger partial charge < -0.3 is 18.6 Å². The molecule has 0 spiro atoms. The van der Waals surface area contributed by atoms with Crippen LogP contribution >= 0.6 is 0 Å². The van der Waals surface area contributed by atoms with Crippen molar-refractivity contribution in [2.75, 3.05) is 11.9 Å². The summed E-state index contributed by atoms with van der Waals surface area (Å²) < 4.78 is 73.6. The van der Waals surface area contributed by atoms with E-state index in [0.717, 1.165) is 34.3 Å². The molecule has 3 aromatic rings. The van der Waals surface area contributed by atoms with Gasteiger partial charge in [-0.15, -0.1) is 0 Å². The van der Waals surface area contributed by atoms with E-state index >= 15 is 0 Å². The fourth-order valence-corrected chi connectivity index (χ4v) is 5.10. The molecular formula is C21H23F3N2O5SSi. The van der Waals surface area contributed by atoms with Gasteiger partial charge in [-0.3, -0.25) is 0 Å². The first-order valence-electron chi connectivity index (χ1n) is 9.78. The Morgan fingerprint density at radius 2 is 1.61 bits per heavy atom. The molecule has 1 aliphatic rings. The molecule has 0 atom stereocenters. The number of oxazole rings is 1. The van der Waals surface area contributed by atoms with Crippen LogP contribution in [-0.4, -0.2) is 33.6 Å². The van der Waals surface area contributed by atoms with Crippen molar-refractivity contribution in [2.45, 2.75) is 25.1 Å². The SMILES string of the molecule is CN1/C(=C(\c2oc3ccccc3[n+]2C)[Si](C)(C)C)Oc2ccccc21.O=S(=O)([O-])C(F)(F)F. The molecule has 0 saturated heterocycles. The second-order valence-corrected chi connectivity index (χ2v) is 14.8. The molecule has 1 aliphatic heterocycles. The van der Waals surface area contributed by atoms with Crippen LogP contribution in [0.5, 0.6) is 5.75 Å². The van der Waals surface area contributed by atoms with E-state index in [1.807, 2.05) is 36.4 Å². The highest BCUT2D eigenvalue weighted by molar-refractivity contribution is 7.86. The second-order valence-electron chi connectivity index (χ2n) is 8.39. The standard InChI is InChI=1S/C20H23N2O2Si.CHF3O3S/c1-21-14-10-6-8-12-16(14)23-19(21)18(25(3,4)5)20-22(2)15-11-7-9-13-17(15)24-20;2-1(3,4)8(5,6)7/h6-13H,1-5H3;(H,5,6,7)/q+1;/p-1. The number of ether oxygens (including phenoxy) is 1. The van der Waals surface area contributed by atoms with Crippen LogP contribution in [0.4, 0.5) is 18.9 Å². The minimum atomic E-state index is -6.09. The van der Waals surface area contributed by atoms with Gasteiger partial charge in [0.25, 0.3) is 5.52 Å². The van der Waals surface area contributed by atoms with Gasteiger partial charge in [0.15, 0.2) is 15.9 Å². The average Bonchev–Trinajstić information content (AvgIpc) is 3.18. The van der Waals surface area contributed by atoms with Gasteiger partial charge in [-0.1, -0.05) is 43.9 Å². The van der Waals surface area contributed by atoms with Gasteiger partial charge in [-0.05, 0) is 18.2 Å². The number of anilines is 1. The minimum absolute atomic E-state index is 0.884. The molecule has 0 radical (unpaired) electrons. The van der Waals surface area contributed by atoms with Crippen molar-refractivity contribution in [3.63, 3.8) is 0 Å². The molecule has 0 bridgehead atoms. The van der Waals surface area contributed by atoms with Crippen LogP contribution in [0.3, 0.4) is 0 Å². The number of halogens is 3. The lowest BCUT2D eigenvalue weighted by molar-refractivity contribution is -0.652. The fourth-order valence-electron chi connectivity index (χ4n) is 3.38. The number of hydrogen-bond donors (Lipinski definition) is 0. The van der Waals surface area contributed by atoms with Gasteiger partial charge in [-0.25, -0.2) is 8.42 Å². The van der Waals surface area contributed by atoms with Crippen molar-refractivity contribution in [2.24, 2.45) is 7.05 Å². The Morgan fingerprint density at radius 3 is 2.12 bits per heavy atom. The highest BCUT2D eigenvalue weighted by Crippen LogP contribution is 2.42. The molecule has 178 valence electrons. The van der Waals surface area contributed by atoms with Gasteiger partial charge in [0.1, 0.15) is 12.2 Å². The van der Waals surface area contributed by atoms with Crippen molar-refractivity contribution in [1.82, 2.24) is 0 Å². The predicted molar refractivity (Wildman–Crippen MR) is 119 cm³/mol. The molecule has 7 nitrogen and oxygen atoms in total. The predicted octanol–water partition coefficient (Wildman–Crippen LogP) is 4.38. The number of fused-ring (bicyclic) bond motifs is 2. The molecule has 4 rings (SSSR count). The number of para-hydroxylation sites is 4. The summed E-state index contributed by atoms with van der Waals surface area (Å²) in [6.45, 7) is 6.97. The zero-order chi connectivity index (χ0) is 24.8. The van der Waals surface area contributed by atoms with Crippen LogP contribution < -0.4 is 14.2 Å². The lowest BCUT2D eigenvalue weighted by Gasteiger charge is -2.21. The van der Waals surface area contributed by atoms with Crippen LogP contribution in [0.1, 0.15) is 5.89 Å². The number of aromatic nitrogens is 1. The first-order chi connectivity index (χ1) is 15.1. The van der Waals surface area contributed by atoms with Gasteiger partial charge in [-0.2, -0.15) is 17.7 Å². The number of aryl methyl sites for hydroxylation is 1. The average molecular weight is 501 g/mol. The number of benzene rings is 2. The van der Waals surface area contributed by atoms with Crippen molar-refractivity contribution in [1.29, 1.82) is 0 Å². The van der Waals surface area contributed by atoms with Crippen molar-refractivity contribution >= 4 is 40.2 Å². The Hall–Kier alpha value is -2.83. The third kappa shape index (κ3) is 4.92. The van der Waals surface area contributed by atoms with Crippen LogP contribution in [0, 0.1) is 0 Å². The van der Waals surface area contributed by atoms with Crippen LogP contribution in [0.25, 0.3) is 16.3 Å². The van der Waals surface area contributed by atoms with Crippen molar-refractivity contribution in [3.05, 3.63) is 60.3 Å². The molecule has 0 N–H and O–H groups in total. The van der Waals surface area contributed by atoms with E-state index in [1.54, 1.807) is 0 Å². The van der Waals surface area contributed by atoms with Gasteiger partial charge in [0.05, 0.1) is 13.8 Å². The number of nitrogens with zero attached hydrogens (tertiary/aromatic N) is 2. The summed E-state index contributed by atoms with van der Waals surface area (Å²) in [6.07, 6.45) is 0. The first-order valence-corrected chi connectivity index (χ1v) is 14.7. The van der Waals surface area contributed by atoms with Gasteiger partial charge in [0.2, 0.25) is 11.5 Å². The maximum Gasteiger partial charge on any atom is 0.485 e. The Kier molecular flexibility index (Phi) is 6.39. The number of alkyl halides is 3. The fraction of sp³-hybridized carbons (Fsp3) is 0.286. The second kappa shape index (κ2) is 8.50. The molecular weight excluding hydrogens is 477 g/mol. The van der Waals surface area contributed by atoms with Crippen LogP contribution in [0.15, 0.2) is 58.8 Å². The topological polar surface area (TPSA) is 86.7 Å². The maximum atomic E-state index is 10.7. The molecule has 1 aromatic heterocycles. The van der Waals surface area contributed by atoms with Gasteiger partial charge in [0, 0.05) is 13.1 Å². The monoisotopic (exact) mass is 500 g/mol. The molecule has 0 fully saturated rings. The molecule has 12 heteroatoms. The van der Waals surface area contributed by atoms with E-state index in [1.165, 1.54) is 5.20 Å². The van der Waals surface area contributed by atoms with E-state index < -0.39 is 23.7 Å². The summed E-state index contributed by atoms with van der Waals surface area (Å²) in [7, 11) is -3.74. The summed E-state index contributed by atoms with van der Waals surface area (Å²) >= 11 is 0. The lowest BCUT2D eigenvalue weighted by atomic mass is 10.3. The summed E-state index contributed by atoms with van der Waals surface area (Å²) in [5.41, 5.74) is -2.57. The summed E-state index contributed by atoms with van der Waals surface area (Å²) in [5.74, 6) is 2.67. The van der Waals surface area contributed by atoms with Gasteiger partial charge >= 0.3 is 11.4 Å². The largest absolute Gasteiger partial charge is 0.741 e. The molecule has 0 amide bonds. The normalized spacial score (nSPS) is 15.6. The van der Waals surface area contributed by atoms with E-state index in [4.69, 9.17) is 22.1 Å². The van der Waals surface area contributed by atoms with E-state index in [9.17, 15) is 13.2 Å². The lowest BCUT2D eigenvalue weighted by Crippen LogP contribution is -2.38. The number of rotatable bonds is 2. The highest BCUT2D eigenvalue weighted by atomic mass is 32.2. The zero-order valence-corrected chi connectivity index (χ0v) is 20.4. The molecule has 2 heterocycles. The summed E-state index contributed by atoms with van der Waals surface area (Å²) in [4.78, 5) is 2.14. The van der Waals surface area contributed by atoms with Crippen LogP contribution in [0.2, 0.25) is 19.6 Å².